The smallest absolute Gasteiger partial charge is 0.0561 e. The summed E-state index contributed by atoms with van der Waals surface area (Å²) in [7, 11) is 0. The normalized spacial score (nSPS) is 11.4. The number of fused-ring (bicyclic) bond motifs is 2. The quantitative estimate of drug-likeness (QED) is 0.113. The van der Waals surface area contributed by atoms with E-state index in [0.717, 1.165) is 89.8 Å². The minimum atomic E-state index is 1.07. The highest BCUT2D eigenvalue weighted by molar-refractivity contribution is 6.33. The number of hydrogen-bond acceptors (Lipinski definition) is 4. The highest BCUT2D eigenvalue weighted by atomic mass is 15.2. The van der Waals surface area contributed by atoms with Gasteiger partial charge in [0, 0.05) is 77.8 Å². The molecule has 0 N–H and O–H groups in total. The van der Waals surface area contributed by atoms with Gasteiger partial charge < -0.3 is 19.6 Å². The van der Waals surface area contributed by atoms with Crippen LogP contribution in [-0.4, -0.2) is 0 Å². The van der Waals surface area contributed by atoms with Crippen LogP contribution in [0.25, 0.3) is 53.9 Å². The molecule has 0 unspecified atom stereocenters. The standard InChI is InChI=1S/C72H50N4/c1-7-27-55(28-8-1)73(56-29-9-2-10-30-56)67-49-69(75(59-35-15-5-16-36-59)61-41-39-51-23-19-21-25-53(51)47-61)65-46-44-64-68(74(57-31-11-3-12-32-57)58-33-13-4-14-34-58)50-70(66-45-43-63(67)71(65)72(64)66)76(60-37-17-6-18-38-60)62-42-40-52-24-20-22-26-54(52)48-62/h1-50H. The average Bonchev–Trinajstić information content (AvgIpc) is 3.49. The van der Waals surface area contributed by atoms with E-state index < -0.39 is 0 Å². The molecular formula is C72H50N4. The lowest BCUT2D eigenvalue weighted by molar-refractivity contribution is 1.27. The van der Waals surface area contributed by atoms with Crippen molar-refractivity contribution in [2.24, 2.45) is 0 Å². The Kier molecular flexibility index (Phi) is 11.2. The molecule has 0 saturated carbocycles. The molecule has 0 saturated heterocycles. The highest BCUT2D eigenvalue weighted by Crippen LogP contribution is 2.55. The molecule has 0 heterocycles. The molecule has 0 bridgehead atoms. The Balaban J connectivity index is 1.17. The molecule has 0 aliphatic carbocycles. The van der Waals surface area contributed by atoms with E-state index in [1.807, 2.05) is 0 Å². The van der Waals surface area contributed by atoms with E-state index in [1.165, 1.54) is 32.3 Å². The Hall–Kier alpha value is -10.2. The van der Waals surface area contributed by atoms with Crippen molar-refractivity contribution in [1.82, 2.24) is 0 Å². The lowest BCUT2D eigenvalue weighted by Crippen LogP contribution is -2.16. The zero-order valence-corrected chi connectivity index (χ0v) is 41.7. The summed E-state index contributed by atoms with van der Waals surface area (Å²) in [5.41, 5.74) is 12.8. The van der Waals surface area contributed by atoms with Crippen molar-refractivity contribution >= 4 is 122 Å². The van der Waals surface area contributed by atoms with E-state index in [4.69, 9.17) is 0 Å². The maximum absolute atomic E-state index is 2.46. The maximum Gasteiger partial charge on any atom is 0.0561 e. The lowest BCUT2D eigenvalue weighted by Gasteiger charge is -2.34. The summed E-state index contributed by atoms with van der Waals surface area (Å²) in [6.07, 6.45) is 0. The van der Waals surface area contributed by atoms with Crippen molar-refractivity contribution in [3.63, 3.8) is 0 Å². The summed E-state index contributed by atoms with van der Waals surface area (Å²) in [6.45, 7) is 0. The van der Waals surface area contributed by atoms with E-state index in [0.29, 0.717) is 0 Å². The van der Waals surface area contributed by atoms with Crippen molar-refractivity contribution in [1.29, 1.82) is 0 Å². The Morgan fingerprint density at radius 2 is 0.382 bits per heavy atom. The third kappa shape index (κ3) is 7.79. The van der Waals surface area contributed by atoms with Gasteiger partial charge in [0.1, 0.15) is 0 Å². The van der Waals surface area contributed by atoms with Crippen LogP contribution >= 0.6 is 0 Å². The monoisotopic (exact) mass is 970 g/mol. The van der Waals surface area contributed by atoms with Gasteiger partial charge in [-0.3, -0.25) is 0 Å². The Morgan fingerprint density at radius 3 is 0.645 bits per heavy atom. The molecule has 358 valence electrons. The van der Waals surface area contributed by atoms with Gasteiger partial charge in [-0.25, -0.2) is 0 Å². The first-order valence-electron chi connectivity index (χ1n) is 26.0. The van der Waals surface area contributed by atoms with Crippen LogP contribution in [0.15, 0.2) is 303 Å². The number of para-hydroxylation sites is 6. The first-order chi connectivity index (χ1) is 37.7. The van der Waals surface area contributed by atoms with Gasteiger partial charge >= 0.3 is 0 Å². The van der Waals surface area contributed by atoms with E-state index in [1.54, 1.807) is 0 Å². The van der Waals surface area contributed by atoms with Crippen LogP contribution in [-0.2, 0) is 0 Å². The molecule has 0 spiro atoms. The molecule has 76 heavy (non-hydrogen) atoms. The first kappa shape index (κ1) is 44.5. The van der Waals surface area contributed by atoms with E-state index in [-0.39, 0.29) is 0 Å². The van der Waals surface area contributed by atoms with Gasteiger partial charge in [0.25, 0.3) is 0 Å². The predicted octanol–water partition coefficient (Wildman–Crippen LogP) is 20.8. The largest absolute Gasteiger partial charge is 0.310 e. The lowest BCUT2D eigenvalue weighted by atomic mass is 9.89. The van der Waals surface area contributed by atoms with Crippen LogP contribution in [0.2, 0.25) is 0 Å². The van der Waals surface area contributed by atoms with Crippen LogP contribution in [0.4, 0.5) is 68.2 Å². The van der Waals surface area contributed by atoms with Gasteiger partial charge in [-0.2, -0.15) is 0 Å². The molecule has 14 rings (SSSR count). The number of anilines is 12. The fourth-order valence-corrected chi connectivity index (χ4v) is 11.5. The maximum atomic E-state index is 2.46. The molecule has 0 aliphatic rings. The molecule has 14 aromatic rings. The SMILES string of the molecule is c1ccc(N(c2ccccc2)c2cc(N(c3ccccc3)c3ccc4ccccc4c3)c3ccc4c(N(c5ccccc5)c5ccccc5)cc(N(c5ccccc5)c5ccc6ccccc6c5)c5ccc2c3c45)cc1. The number of benzene rings is 14. The van der Waals surface area contributed by atoms with E-state index in [2.05, 4.69) is 323 Å². The molecular weight excluding hydrogens is 921 g/mol. The summed E-state index contributed by atoms with van der Waals surface area (Å²) < 4.78 is 0. The molecule has 0 radical (unpaired) electrons. The van der Waals surface area contributed by atoms with Crippen LogP contribution in [0, 0.1) is 0 Å². The zero-order valence-electron chi connectivity index (χ0n) is 41.7. The third-order valence-corrected chi connectivity index (χ3v) is 14.8. The van der Waals surface area contributed by atoms with E-state index >= 15 is 0 Å². The van der Waals surface area contributed by atoms with Crippen molar-refractivity contribution in [2.75, 3.05) is 19.6 Å². The Morgan fingerprint density at radius 1 is 0.158 bits per heavy atom. The molecule has 0 aliphatic heterocycles. The summed E-state index contributed by atoms with van der Waals surface area (Å²) in [6, 6.07) is 110. The summed E-state index contributed by atoms with van der Waals surface area (Å²) in [4.78, 5) is 9.80. The van der Waals surface area contributed by atoms with Crippen LogP contribution < -0.4 is 19.6 Å². The van der Waals surface area contributed by atoms with Gasteiger partial charge in [0.05, 0.1) is 22.7 Å². The highest BCUT2D eigenvalue weighted by Gasteiger charge is 2.29. The van der Waals surface area contributed by atoms with Crippen LogP contribution in [0.3, 0.4) is 0 Å². The summed E-state index contributed by atoms with van der Waals surface area (Å²) >= 11 is 0. The predicted molar refractivity (Wildman–Crippen MR) is 324 cm³/mol. The molecule has 4 heteroatoms. The molecule has 14 aromatic carbocycles. The second kappa shape index (κ2) is 19.0. The number of nitrogens with zero attached hydrogens (tertiary/aromatic N) is 4. The van der Waals surface area contributed by atoms with E-state index in [9.17, 15) is 0 Å². The first-order valence-corrected chi connectivity index (χ1v) is 26.0. The molecule has 0 aromatic heterocycles. The average molecular weight is 971 g/mol. The van der Waals surface area contributed by atoms with Gasteiger partial charge in [0.15, 0.2) is 0 Å². The fraction of sp³-hybridized carbons (Fsp3) is 0. The minimum absolute atomic E-state index is 1.07. The fourth-order valence-electron chi connectivity index (χ4n) is 11.5. The summed E-state index contributed by atoms with van der Waals surface area (Å²) in [5.74, 6) is 0. The van der Waals surface area contributed by atoms with Crippen molar-refractivity contribution in [3.05, 3.63) is 303 Å². The molecule has 0 amide bonds. The summed E-state index contributed by atoms with van der Waals surface area (Å²) in [5, 5.41) is 11.7. The Labute approximate surface area is 442 Å². The second-order valence-corrected chi connectivity index (χ2v) is 19.3. The third-order valence-electron chi connectivity index (χ3n) is 14.8. The van der Waals surface area contributed by atoms with Crippen LogP contribution in [0.5, 0.6) is 0 Å². The number of rotatable bonds is 12. The molecule has 0 fully saturated rings. The van der Waals surface area contributed by atoms with Gasteiger partial charge in [-0.1, -0.05) is 194 Å². The van der Waals surface area contributed by atoms with Gasteiger partial charge in [0.2, 0.25) is 0 Å². The van der Waals surface area contributed by atoms with Gasteiger partial charge in [-0.15, -0.1) is 0 Å². The number of hydrogen-bond donors (Lipinski definition) is 0. The van der Waals surface area contributed by atoms with Gasteiger partial charge in [-0.05, 0) is 131 Å². The minimum Gasteiger partial charge on any atom is -0.310 e. The van der Waals surface area contributed by atoms with Crippen LogP contribution in [0.1, 0.15) is 0 Å². The Bertz CT molecular complexity index is 3980. The molecule has 0 atom stereocenters. The van der Waals surface area contributed by atoms with Crippen molar-refractivity contribution < 1.29 is 0 Å². The molecule has 4 nitrogen and oxygen atoms in total. The van der Waals surface area contributed by atoms with Crippen molar-refractivity contribution in [2.45, 2.75) is 0 Å². The zero-order chi connectivity index (χ0) is 50.4. The topological polar surface area (TPSA) is 13.0 Å². The van der Waals surface area contributed by atoms with Crippen molar-refractivity contribution in [3.8, 4) is 0 Å². The second-order valence-electron chi connectivity index (χ2n) is 19.3.